The lowest BCUT2D eigenvalue weighted by molar-refractivity contribution is -0.138. The molecule has 1 aliphatic rings. The number of aliphatic carboxylic acids is 1. The Morgan fingerprint density at radius 2 is 2.14 bits per heavy atom. The standard InChI is InChI=1S/C15H21NO5S/c1-14(2,3)21-13(19)16-9-15(10-16,7-12(17)18)22-8-11-5-4-6-20-11/h4-6H,7-10H2,1-3H3,(H,17,18). The van der Waals surface area contributed by atoms with Gasteiger partial charge in [0, 0.05) is 13.1 Å². The van der Waals surface area contributed by atoms with Crippen LogP contribution in [0.3, 0.4) is 0 Å². The number of amides is 1. The van der Waals surface area contributed by atoms with Gasteiger partial charge in [-0.3, -0.25) is 4.79 Å². The highest BCUT2D eigenvalue weighted by atomic mass is 32.2. The van der Waals surface area contributed by atoms with Crippen LogP contribution in [0.5, 0.6) is 0 Å². The van der Waals surface area contributed by atoms with E-state index in [9.17, 15) is 9.59 Å². The maximum atomic E-state index is 12.0. The van der Waals surface area contributed by atoms with Gasteiger partial charge in [0.2, 0.25) is 0 Å². The number of hydrogen-bond acceptors (Lipinski definition) is 5. The Kier molecular flexibility index (Phi) is 4.75. The van der Waals surface area contributed by atoms with Crippen LogP contribution in [0.4, 0.5) is 4.79 Å². The zero-order chi connectivity index (χ0) is 16.4. The number of carbonyl (C=O) groups is 2. The summed E-state index contributed by atoms with van der Waals surface area (Å²) in [6.45, 7) is 6.17. The molecule has 0 aliphatic carbocycles. The van der Waals surface area contributed by atoms with E-state index in [4.69, 9.17) is 14.3 Å². The number of ether oxygens (including phenoxy) is 1. The molecular weight excluding hydrogens is 306 g/mol. The van der Waals surface area contributed by atoms with Crippen LogP contribution < -0.4 is 0 Å². The molecule has 0 atom stereocenters. The highest BCUT2D eigenvalue weighted by molar-refractivity contribution is 8.00. The van der Waals surface area contributed by atoms with E-state index in [1.807, 2.05) is 6.07 Å². The van der Waals surface area contributed by atoms with E-state index < -0.39 is 22.4 Å². The normalized spacial score (nSPS) is 17.0. The minimum Gasteiger partial charge on any atom is -0.481 e. The second kappa shape index (κ2) is 6.24. The molecule has 0 saturated carbocycles. The summed E-state index contributed by atoms with van der Waals surface area (Å²) in [6.07, 6.45) is 1.21. The first-order valence-electron chi connectivity index (χ1n) is 7.05. The number of carbonyl (C=O) groups excluding carboxylic acids is 1. The lowest BCUT2D eigenvalue weighted by atomic mass is 9.95. The van der Waals surface area contributed by atoms with Crippen molar-refractivity contribution in [2.45, 2.75) is 43.3 Å². The fourth-order valence-electron chi connectivity index (χ4n) is 2.25. The Morgan fingerprint density at radius 1 is 1.45 bits per heavy atom. The first-order chi connectivity index (χ1) is 10.2. The summed E-state index contributed by atoms with van der Waals surface area (Å²) in [5, 5.41) is 9.11. The average Bonchev–Trinajstić information content (AvgIpc) is 2.81. The van der Waals surface area contributed by atoms with Gasteiger partial charge in [0.05, 0.1) is 23.2 Å². The maximum Gasteiger partial charge on any atom is 0.410 e. The van der Waals surface area contributed by atoms with Crippen LogP contribution in [0, 0.1) is 0 Å². The van der Waals surface area contributed by atoms with Gasteiger partial charge in [-0.05, 0) is 32.9 Å². The summed E-state index contributed by atoms with van der Waals surface area (Å²) in [5.41, 5.74) is -0.552. The predicted molar refractivity (Wildman–Crippen MR) is 82.8 cm³/mol. The van der Waals surface area contributed by atoms with Gasteiger partial charge in [0.1, 0.15) is 11.4 Å². The third kappa shape index (κ3) is 4.43. The molecule has 1 saturated heterocycles. The lowest BCUT2D eigenvalue weighted by Gasteiger charge is -2.48. The molecule has 1 aromatic heterocycles. The molecule has 1 amide bonds. The lowest BCUT2D eigenvalue weighted by Crippen LogP contribution is -2.62. The van der Waals surface area contributed by atoms with E-state index in [0.717, 1.165) is 5.76 Å². The molecule has 0 radical (unpaired) electrons. The number of furan rings is 1. The minimum atomic E-state index is -0.865. The van der Waals surface area contributed by atoms with Crippen molar-refractivity contribution in [1.29, 1.82) is 0 Å². The quantitative estimate of drug-likeness (QED) is 0.895. The smallest absolute Gasteiger partial charge is 0.410 e. The number of thioether (sulfide) groups is 1. The van der Waals surface area contributed by atoms with E-state index in [0.29, 0.717) is 18.8 Å². The Bertz CT molecular complexity index is 529. The van der Waals surface area contributed by atoms with E-state index in [1.165, 1.54) is 11.8 Å². The van der Waals surface area contributed by atoms with Gasteiger partial charge in [0.15, 0.2) is 0 Å². The third-order valence-electron chi connectivity index (χ3n) is 3.18. The Morgan fingerprint density at radius 3 is 2.64 bits per heavy atom. The molecule has 1 aromatic rings. The monoisotopic (exact) mass is 327 g/mol. The van der Waals surface area contributed by atoms with Gasteiger partial charge < -0.3 is 19.2 Å². The number of rotatable bonds is 5. The van der Waals surface area contributed by atoms with E-state index in [2.05, 4.69) is 0 Å². The van der Waals surface area contributed by atoms with Crippen molar-refractivity contribution >= 4 is 23.8 Å². The first kappa shape index (κ1) is 16.7. The molecule has 22 heavy (non-hydrogen) atoms. The molecule has 7 heteroatoms. The summed E-state index contributed by atoms with van der Waals surface area (Å²) in [4.78, 5) is 24.6. The Hall–Kier alpha value is -1.63. The van der Waals surface area contributed by atoms with Crippen molar-refractivity contribution in [3.05, 3.63) is 24.2 Å². The van der Waals surface area contributed by atoms with Crippen LogP contribution in [-0.4, -0.2) is 45.5 Å². The molecule has 2 rings (SSSR count). The van der Waals surface area contributed by atoms with Crippen LogP contribution in [-0.2, 0) is 15.3 Å². The topological polar surface area (TPSA) is 80.0 Å². The summed E-state index contributed by atoms with van der Waals surface area (Å²) in [7, 11) is 0. The SMILES string of the molecule is CC(C)(C)OC(=O)N1CC(CC(=O)O)(SCc2ccco2)C1. The van der Waals surface area contributed by atoms with Crippen LogP contribution in [0.1, 0.15) is 33.0 Å². The van der Waals surface area contributed by atoms with Gasteiger partial charge in [-0.1, -0.05) is 0 Å². The predicted octanol–water partition coefficient (Wildman–Crippen LogP) is 2.98. The van der Waals surface area contributed by atoms with Crippen molar-refractivity contribution in [2.75, 3.05) is 13.1 Å². The van der Waals surface area contributed by atoms with Gasteiger partial charge in [0.25, 0.3) is 0 Å². The van der Waals surface area contributed by atoms with Crippen molar-refractivity contribution < 1.29 is 23.8 Å². The van der Waals surface area contributed by atoms with Gasteiger partial charge in [-0.2, -0.15) is 0 Å². The number of nitrogens with zero attached hydrogens (tertiary/aromatic N) is 1. The van der Waals surface area contributed by atoms with Gasteiger partial charge >= 0.3 is 12.1 Å². The fraction of sp³-hybridized carbons (Fsp3) is 0.600. The molecule has 0 bridgehead atoms. The molecular formula is C15H21NO5S. The van der Waals surface area contributed by atoms with Crippen molar-refractivity contribution in [3.63, 3.8) is 0 Å². The molecule has 1 aliphatic heterocycles. The molecule has 6 nitrogen and oxygen atoms in total. The summed E-state index contributed by atoms with van der Waals surface area (Å²) < 4.78 is 10.1. The van der Waals surface area contributed by atoms with E-state index in [1.54, 1.807) is 38.0 Å². The second-order valence-electron chi connectivity index (χ2n) is 6.46. The highest BCUT2D eigenvalue weighted by Gasteiger charge is 2.48. The summed E-state index contributed by atoms with van der Waals surface area (Å²) in [6, 6.07) is 3.65. The third-order valence-corrected chi connectivity index (χ3v) is 4.63. The number of carboxylic acids is 1. The van der Waals surface area contributed by atoms with Crippen molar-refractivity contribution in [3.8, 4) is 0 Å². The van der Waals surface area contributed by atoms with Crippen molar-refractivity contribution in [1.82, 2.24) is 4.90 Å². The molecule has 0 aromatic carbocycles. The molecule has 1 N–H and O–H groups in total. The maximum absolute atomic E-state index is 12.0. The Labute approximate surface area is 133 Å². The first-order valence-corrected chi connectivity index (χ1v) is 8.04. The average molecular weight is 327 g/mol. The van der Waals surface area contributed by atoms with Crippen LogP contribution in [0.2, 0.25) is 0 Å². The van der Waals surface area contributed by atoms with E-state index >= 15 is 0 Å². The molecule has 0 unspecified atom stereocenters. The minimum absolute atomic E-state index is 0.0116. The molecule has 122 valence electrons. The van der Waals surface area contributed by atoms with Crippen LogP contribution >= 0.6 is 11.8 Å². The van der Waals surface area contributed by atoms with Gasteiger partial charge in [-0.25, -0.2) is 4.79 Å². The molecule has 2 heterocycles. The number of likely N-dealkylation sites (tertiary alicyclic amines) is 1. The van der Waals surface area contributed by atoms with Crippen LogP contribution in [0.15, 0.2) is 22.8 Å². The number of carboxylic acid groups (broad SMARTS) is 1. The largest absolute Gasteiger partial charge is 0.481 e. The molecule has 1 fully saturated rings. The van der Waals surface area contributed by atoms with Gasteiger partial charge in [-0.15, -0.1) is 11.8 Å². The summed E-state index contributed by atoms with van der Waals surface area (Å²) >= 11 is 1.51. The zero-order valence-corrected chi connectivity index (χ0v) is 13.8. The second-order valence-corrected chi connectivity index (χ2v) is 7.90. The summed E-state index contributed by atoms with van der Waals surface area (Å²) in [5.74, 6) is 0.517. The zero-order valence-electron chi connectivity index (χ0n) is 13.0. The fourth-order valence-corrected chi connectivity index (χ4v) is 3.59. The number of hydrogen-bond donors (Lipinski definition) is 1. The Balaban J connectivity index is 1.93. The van der Waals surface area contributed by atoms with E-state index in [-0.39, 0.29) is 6.42 Å². The highest BCUT2D eigenvalue weighted by Crippen LogP contribution is 2.40. The van der Waals surface area contributed by atoms with Crippen LogP contribution in [0.25, 0.3) is 0 Å². The van der Waals surface area contributed by atoms with Crippen molar-refractivity contribution in [2.24, 2.45) is 0 Å². The molecule has 0 spiro atoms.